The third-order valence-corrected chi connectivity index (χ3v) is 4.20. The molecule has 0 aliphatic carbocycles. The minimum absolute atomic E-state index is 0.117. The van der Waals surface area contributed by atoms with Gasteiger partial charge >= 0.3 is 6.03 Å². The first-order valence-electron chi connectivity index (χ1n) is 9.86. The van der Waals surface area contributed by atoms with Crippen molar-refractivity contribution in [3.8, 4) is 0 Å². The van der Waals surface area contributed by atoms with Gasteiger partial charge in [-0.1, -0.05) is 24.3 Å². The van der Waals surface area contributed by atoms with Crippen molar-refractivity contribution in [1.82, 2.24) is 10.6 Å². The molecule has 0 radical (unpaired) electrons. The van der Waals surface area contributed by atoms with E-state index < -0.39 is 5.54 Å². The number of carbonyl (C=O) groups is 2. The second-order valence-corrected chi connectivity index (χ2v) is 8.08. The number of carbonyl (C=O) groups excluding carboxylic acids is 2. The topological polar surface area (TPSA) is 70.7 Å². The van der Waals surface area contributed by atoms with Gasteiger partial charge in [-0.25, -0.2) is 9.18 Å². The van der Waals surface area contributed by atoms with Crippen molar-refractivity contribution in [3.63, 3.8) is 0 Å². The van der Waals surface area contributed by atoms with Gasteiger partial charge in [-0.15, -0.1) is 0 Å². The van der Waals surface area contributed by atoms with Crippen LogP contribution in [0.15, 0.2) is 48.5 Å². The standard InChI is InChI=1S/C23H30FN3O3/c1-23(2,3)26-22(29)27(16-17-8-10-19(24)11-9-17)20-7-5-6-18(14-20)15-21(28)25-12-13-30-4/h5-11,14H,12-13,15-16H2,1-4H3,(H,25,28)(H,26,29). The largest absolute Gasteiger partial charge is 0.383 e. The van der Waals surface area contributed by atoms with Gasteiger partial charge in [0.1, 0.15) is 5.82 Å². The van der Waals surface area contributed by atoms with Crippen LogP contribution in [0.3, 0.4) is 0 Å². The zero-order valence-electron chi connectivity index (χ0n) is 18.0. The number of nitrogens with one attached hydrogen (secondary N) is 2. The second kappa shape index (κ2) is 10.7. The SMILES string of the molecule is COCCNC(=O)Cc1cccc(N(Cc2ccc(F)cc2)C(=O)NC(C)(C)C)c1. The summed E-state index contributed by atoms with van der Waals surface area (Å²) in [5, 5.41) is 5.75. The molecular weight excluding hydrogens is 385 g/mol. The van der Waals surface area contributed by atoms with Crippen molar-refractivity contribution < 1.29 is 18.7 Å². The van der Waals surface area contributed by atoms with E-state index in [1.54, 1.807) is 24.1 Å². The molecule has 2 aromatic rings. The first kappa shape index (κ1) is 23.3. The zero-order chi connectivity index (χ0) is 22.1. The van der Waals surface area contributed by atoms with Crippen LogP contribution < -0.4 is 15.5 Å². The number of amides is 3. The summed E-state index contributed by atoms with van der Waals surface area (Å²) in [6.45, 7) is 6.88. The lowest BCUT2D eigenvalue weighted by Gasteiger charge is -2.29. The molecule has 0 aliphatic rings. The summed E-state index contributed by atoms with van der Waals surface area (Å²) < 4.78 is 18.2. The van der Waals surface area contributed by atoms with Crippen LogP contribution in [0.2, 0.25) is 0 Å². The van der Waals surface area contributed by atoms with Crippen molar-refractivity contribution in [3.05, 3.63) is 65.5 Å². The van der Waals surface area contributed by atoms with E-state index in [-0.39, 0.29) is 30.7 Å². The Bertz CT molecular complexity index is 848. The first-order valence-corrected chi connectivity index (χ1v) is 9.86. The molecule has 0 unspecified atom stereocenters. The summed E-state index contributed by atoms with van der Waals surface area (Å²) in [7, 11) is 1.58. The molecule has 2 N–H and O–H groups in total. The van der Waals surface area contributed by atoms with Gasteiger partial charge in [-0.05, 0) is 56.2 Å². The Kier molecular flexibility index (Phi) is 8.35. The van der Waals surface area contributed by atoms with Crippen molar-refractivity contribution in [2.24, 2.45) is 0 Å². The highest BCUT2D eigenvalue weighted by Crippen LogP contribution is 2.21. The van der Waals surface area contributed by atoms with Crippen LogP contribution in [0.1, 0.15) is 31.9 Å². The smallest absolute Gasteiger partial charge is 0.322 e. The molecule has 3 amide bonds. The molecule has 0 heterocycles. The molecule has 0 aliphatic heterocycles. The lowest BCUT2D eigenvalue weighted by Crippen LogP contribution is -2.48. The quantitative estimate of drug-likeness (QED) is 0.647. The average Bonchev–Trinajstić information content (AvgIpc) is 2.66. The summed E-state index contributed by atoms with van der Waals surface area (Å²) in [6.07, 6.45) is 0.197. The number of rotatable bonds is 8. The summed E-state index contributed by atoms with van der Waals surface area (Å²) in [5.74, 6) is -0.445. The number of benzene rings is 2. The van der Waals surface area contributed by atoms with Crippen LogP contribution in [-0.4, -0.2) is 37.7 Å². The molecule has 0 saturated heterocycles. The van der Waals surface area contributed by atoms with Crippen LogP contribution in [0.4, 0.5) is 14.9 Å². The van der Waals surface area contributed by atoms with Crippen molar-refractivity contribution in [2.75, 3.05) is 25.2 Å². The van der Waals surface area contributed by atoms with Gasteiger partial charge in [0.05, 0.1) is 19.6 Å². The van der Waals surface area contributed by atoms with Gasteiger partial charge in [0.25, 0.3) is 0 Å². The maximum absolute atomic E-state index is 13.3. The molecule has 0 bridgehead atoms. The van der Waals surface area contributed by atoms with Crippen molar-refractivity contribution >= 4 is 17.6 Å². The molecule has 2 rings (SSSR count). The van der Waals surface area contributed by atoms with E-state index in [4.69, 9.17) is 4.74 Å². The van der Waals surface area contributed by atoms with E-state index in [9.17, 15) is 14.0 Å². The fraction of sp³-hybridized carbons (Fsp3) is 0.391. The Morgan fingerprint density at radius 3 is 2.40 bits per heavy atom. The van der Waals surface area contributed by atoms with Crippen molar-refractivity contribution in [1.29, 1.82) is 0 Å². The summed E-state index contributed by atoms with van der Waals surface area (Å²) in [4.78, 5) is 26.7. The minimum Gasteiger partial charge on any atom is -0.383 e. The normalized spacial score (nSPS) is 11.1. The van der Waals surface area contributed by atoms with E-state index in [1.165, 1.54) is 12.1 Å². The van der Waals surface area contributed by atoms with Crippen LogP contribution in [0.5, 0.6) is 0 Å². The van der Waals surface area contributed by atoms with E-state index in [1.807, 2.05) is 45.0 Å². The fourth-order valence-corrected chi connectivity index (χ4v) is 2.82. The third-order valence-electron chi connectivity index (χ3n) is 4.20. The fourth-order valence-electron chi connectivity index (χ4n) is 2.82. The Hall–Kier alpha value is -2.93. The number of hydrogen-bond acceptors (Lipinski definition) is 3. The van der Waals surface area contributed by atoms with E-state index in [0.717, 1.165) is 11.1 Å². The molecule has 0 spiro atoms. The molecule has 0 aromatic heterocycles. The molecular formula is C23H30FN3O3. The molecule has 2 aromatic carbocycles. The Labute approximate surface area is 177 Å². The van der Waals surface area contributed by atoms with Gasteiger partial charge in [-0.2, -0.15) is 0 Å². The number of hydrogen-bond donors (Lipinski definition) is 2. The second-order valence-electron chi connectivity index (χ2n) is 8.08. The van der Waals surface area contributed by atoms with Gasteiger partial charge in [0, 0.05) is 24.9 Å². The number of nitrogens with zero attached hydrogens (tertiary/aromatic N) is 1. The third kappa shape index (κ3) is 7.83. The van der Waals surface area contributed by atoms with Crippen molar-refractivity contribution in [2.45, 2.75) is 39.3 Å². The summed E-state index contributed by atoms with van der Waals surface area (Å²) in [5.41, 5.74) is 1.82. The molecule has 0 fully saturated rings. The highest BCUT2D eigenvalue weighted by Gasteiger charge is 2.22. The number of urea groups is 1. The molecule has 30 heavy (non-hydrogen) atoms. The highest BCUT2D eigenvalue weighted by atomic mass is 19.1. The maximum atomic E-state index is 13.3. The molecule has 6 nitrogen and oxygen atoms in total. The summed E-state index contributed by atoms with van der Waals surface area (Å²) >= 11 is 0. The van der Waals surface area contributed by atoms with Gasteiger partial charge in [0.2, 0.25) is 5.91 Å². The number of methoxy groups -OCH3 is 1. The number of halogens is 1. The van der Waals surface area contributed by atoms with Gasteiger partial charge < -0.3 is 15.4 Å². The molecule has 0 atom stereocenters. The lowest BCUT2D eigenvalue weighted by molar-refractivity contribution is -0.120. The monoisotopic (exact) mass is 415 g/mol. The molecule has 0 saturated carbocycles. The van der Waals surface area contributed by atoms with E-state index in [0.29, 0.717) is 18.8 Å². The molecule has 162 valence electrons. The maximum Gasteiger partial charge on any atom is 0.322 e. The van der Waals surface area contributed by atoms with E-state index >= 15 is 0 Å². The lowest BCUT2D eigenvalue weighted by atomic mass is 10.1. The van der Waals surface area contributed by atoms with Gasteiger partial charge in [0.15, 0.2) is 0 Å². The Morgan fingerprint density at radius 1 is 1.07 bits per heavy atom. The highest BCUT2D eigenvalue weighted by molar-refractivity contribution is 5.92. The average molecular weight is 416 g/mol. The Balaban J connectivity index is 2.23. The Morgan fingerprint density at radius 2 is 1.77 bits per heavy atom. The van der Waals surface area contributed by atoms with E-state index in [2.05, 4.69) is 10.6 Å². The van der Waals surface area contributed by atoms with Crippen LogP contribution in [0, 0.1) is 5.82 Å². The van der Waals surface area contributed by atoms with Crippen LogP contribution in [-0.2, 0) is 22.5 Å². The number of anilines is 1. The molecule has 7 heteroatoms. The van der Waals surface area contributed by atoms with Crippen LogP contribution >= 0.6 is 0 Å². The summed E-state index contributed by atoms with van der Waals surface area (Å²) in [6, 6.07) is 13.1. The van der Waals surface area contributed by atoms with Gasteiger partial charge in [-0.3, -0.25) is 9.69 Å². The minimum atomic E-state index is -0.420. The predicted octanol–water partition coefficient (Wildman–Crippen LogP) is 3.65. The predicted molar refractivity (Wildman–Crippen MR) is 116 cm³/mol. The number of ether oxygens (including phenoxy) is 1. The first-order chi connectivity index (χ1) is 14.2. The van der Waals surface area contributed by atoms with Crippen LogP contribution in [0.25, 0.3) is 0 Å². The zero-order valence-corrected chi connectivity index (χ0v) is 18.0.